The number of benzene rings is 1. The maximum atomic E-state index is 11.4. The molecule has 0 atom stereocenters. The summed E-state index contributed by atoms with van der Waals surface area (Å²) in [7, 11) is 0. The molecule has 0 aliphatic carbocycles. The minimum atomic E-state index is 0.0300. The van der Waals surface area contributed by atoms with E-state index in [0.29, 0.717) is 17.2 Å². The van der Waals surface area contributed by atoms with Gasteiger partial charge in [-0.25, -0.2) is 9.97 Å². The number of carbonyl (C=O) groups excluding carboxylic acids is 1. The van der Waals surface area contributed by atoms with Gasteiger partial charge in [-0.15, -0.1) is 0 Å². The lowest BCUT2D eigenvalue weighted by atomic mass is 10.1. The smallest absolute Gasteiger partial charge is 0.163 e. The Morgan fingerprint density at radius 1 is 1.09 bits per heavy atom. The van der Waals surface area contributed by atoms with Crippen LogP contribution in [0, 0.1) is 0 Å². The average Bonchev–Trinajstić information content (AvgIpc) is 2.56. The molecule has 0 aliphatic rings. The van der Waals surface area contributed by atoms with E-state index in [1.54, 1.807) is 43.7 Å². The summed E-state index contributed by atoms with van der Waals surface area (Å²) >= 11 is 0. The summed E-state index contributed by atoms with van der Waals surface area (Å²) in [6.45, 7) is 1.55. The van der Waals surface area contributed by atoms with E-state index >= 15 is 0 Å². The number of aromatic nitrogens is 3. The second-order valence-corrected chi connectivity index (χ2v) is 4.77. The number of anilines is 2. The summed E-state index contributed by atoms with van der Waals surface area (Å²) in [4.78, 5) is 24.2. The molecule has 108 valence electrons. The van der Waals surface area contributed by atoms with Crippen molar-refractivity contribution in [3.63, 3.8) is 0 Å². The van der Waals surface area contributed by atoms with Gasteiger partial charge in [0, 0.05) is 35.4 Å². The highest BCUT2D eigenvalue weighted by Crippen LogP contribution is 2.19. The van der Waals surface area contributed by atoms with E-state index in [9.17, 15) is 4.79 Å². The molecule has 5 heteroatoms. The summed E-state index contributed by atoms with van der Waals surface area (Å²) in [5, 5.41) is 3.19. The molecule has 0 saturated carbocycles. The van der Waals surface area contributed by atoms with Gasteiger partial charge in [0.1, 0.15) is 5.82 Å². The van der Waals surface area contributed by atoms with Gasteiger partial charge in [0.2, 0.25) is 0 Å². The van der Waals surface area contributed by atoms with E-state index in [2.05, 4.69) is 20.3 Å². The third-order valence-corrected chi connectivity index (χ3v) is 3.12. The van der Waals surface area contributed by atoms with Gasteiger partial charge >= 0.3 is 0 Å². The molecule has 0 saturated heterocycles. The molecule has 0 aliphatic heterocycles. The fourth-order valence-corrected chi connectivity index (χ4v) is 2.03. The van der Waals surface area contributed by atoms with Crippen molar-refractivity contribution in [1.29, 1.82) is 0 Å². The molecule has 5 nitrogen and oxygen atoms in total. The highest BCUT2D eigenvalue weighted by Gasteiger charge is 2.04. The van der Waals surface area contributed by atoms with E-state index in [1.165, 1.54) is 0 Å². The molecular formula is C17H14N4O. The Balaban J connectivity index is 1.87. The first-order valence-electron chi connectivity index (χ1n) is 6.84. The third kappa shape index (κ3) is 3.15. The van der Waals surface area contributed by atoms with Crippen LogP contribution < -0.4 is 5.32 Å². The number of hydrogen-bond acceptors (Lipinski definition) is 5. The molecule has 0 amide bonds. The maximum Gasteiger partial charge on any atom is 0.163 e. The van der Waals surface area contributed by atoms with Crippen molar-refractivity contribution in [3.8, 4) is 11.4 Å². The molecule has 0 radical (unpaired) electrons. The van der Waals surface area contributed by atoms with Crippen LogP contribution in [0.25, 0.3) is 11.4 Å². The van der Waals surface area contributed by atoms with Gasteiger partial charge in [-0.2, -0.15) is 0 Å². The monoisotopic (exact) mass is 290 g/mol. The first-order chi connectivity index (χ1) is 10.7. The van der Waals surface area contributed by atoms with Gasteiger partial charge in [0.25, 0.3) is 0 Å². The van der Waals surface area contributed by atoms with Gasteiger partial charge in [-0.3, -0.25) is 9.78 Å². The van der Waals surface area contributed by atoms with Crippen LogP contribution in [0.4, 0.5) is 11.5 Å². The number of hydrogen-bond donors (Lipinski definition) is 1. The van der Waals surface area contributed by atoms with Crippen molar-refractivity contribution in [1.82, 2.24) is 15.0 Å². The summed E-state index contributed by atoms with van der Waals surface area (Å²) in [6, 6.07) is 12.8. The zero-order chi connectivity index (χ0) is 15.4. The Kier molecular flexibility index (Phi) is 3.87. The topological polar surface area (TPSA) is 67.8 Å². The summed E-state index contributed by atoms with van der Waals surface area (Å²) in [6.07, 6.45) is 5.11. The largest absolute Gasteiger partial charge is 0.340 e. The third-order valence-electron chi connectivity index (χ3n) is 3.12. The van der Waals surface area contributed by atoms with Gasteiger partial charge in [0.15, 0.2) is 11.6 Å². The Bertz CT molecular complexity index is 803. The summed E-state index contributed by atoms with van der Waals surface area (Å²) in [5.74, 6) is 1.29. The second-order valence-electron chi connectivity index (χ2n) is 4.77. The Morgan fingerprint density at radius 2 is 2.00 bits per heavy atom. The second kappa shape index (κ2) is 6.13. The predicted molar refractivity (Wildman–Crippen MR) is 85.0 cm³/mol. The summed E-state index contributed by atoms with van der Waals surface area (Å²) < 4.78 is 0. The maximum absolute atomic E-state index is 11.4. The molecule has 0 spiro atoms. The molecule has 0 bridgehead atoms. The van der Waals surface area contributed by atoms with E-state index in [1.807, 2.05) is 24.3 Å². The minimum absolute atomic E-state index is 0.0300. The van der Waals surface area contributed by atoms with Gasteiger partial charge in [-0.1, -0.05) is 12.1 Å². The van der Waals surface area contributed by atoms with Crippen LogP contribution >= 0.6 is 0 Å². The van der Waals surface area contributed by atoms with Crippen LogP contribution in [0.1, 0.15) is 17.3 Å². The number of ketones is 1. The van der Waals surface area contributed by atoms with Crippen molar-refractivity contribution >= 4 is 17.3 Å². The molecule has 2 heterocycles. The molecule has 0 unspecified atom stereocenters. The van der Waals surface area contributed by atoms with Crippen molar-refractivity contribution in [2.45, 2.75) is 6.92 Å². The molecule has 22 heavy (non-hydrogen) atoms. The van der Waals surface area contributed by atoms with E-state index in [4.69, 9.17) is 0 Å². The molecule has 1 N–H and O–H groups in total. The van der Waals surface area contributed by atoms with Gasteiger partial charge < -0.3 is 5.32 Å². The van der Waals surface area contributed by atoms with Gasteiger partial charge in [0.05, 0.1) is 0 Å². The van der Waals surface area contributed by atoms with E-state index in [-0.39, 0.29) is 5.78 Å². The Morgan fingerprint density at radius 3 is 2.77 bits per heavy atom. The zero-order valence-corrected chi connectivity index (χ0v) is 12.0. The van der Waals surface area contributed by atoms with Gasteiger partial charge in [-0.05, 0) is 37.3 Å². The number of nitrogens with one attached hydrogen (secondary N) is 1. The molecule has 3 aromatic rings. The lowest BCUT2D eigenvalue weighted by molar-refractivity contribution is 0.101. The normalized spacial score (nSPS) is 10.2. The molecule has 3 rings (SSSR count). The fraction of sp³-hybridized carbons (Fsp3) is 0.0588. The molecule has 1 aromatic carbocycles. The number of nitrogens with zero attached hydrogens (tertiary/aromatic N) is 3. The highest BCUT2D eigenvalue weighted by molar-refractivity contribution is 5.95. The highest BCUT2D eigenvalue weighted by atomic mass is 16.1. The zero-order valence-electron chi connectivity index (χ0n) is 12.0. The molecule has 2 aromatic heterocycles. The fourth-order valence-electron chi connectivity index (χ4n) is 2.03. The molecular weight excluding hydrogens is 276 g/mol. The van der Waals surface area contributed by atoms with Crippen LogP contribution in [-0.2, 0) is 0 Å². The van der Waals surface area contributed by atoms with Crippen LogP contribution in [0.2, 0.25) is 0 Å². The first kappa shape index (κ1) is 13.9. The molecule has 0 fully saturated rings. The summed E-state index contributed by atoms with van der Waals surface area (Å²) in [5.41, 5.74) is 2.32. The Hall–Kier alpha value is -3.08. The van der Waals surface area contributed by atoms with Crippen molar-refractivity contribution in [2.75, 3.05) is 5.32 Å². The van der Waals surface area contributed by atoms with E-state index < -0.39 is 0 Å². The SMILES string of the molecule is CC(=O)c1cccc(Nc2ccnc(-c3cccnc3)n2)c1. The average molecular weight is 290 g/mol. The van der Waals surface area contributed by atoms with Crippen LogP contribution in [-0.4, -0.2) is 20.7 Å². The number of Topliss-reactive ketones (excluding diaryl/α,β-unsaturated/α-hetero) is 1. The van der Waals surface area contributed by atoms with E-state index in [0.717, 1.165) is 11.3 Å². The first-order valence-corrected chi connectivity index (χ1v) is 6.84. The predicted octanol–water partition coefficient (Wildman–Crippen LogP) is 3.48. The van der Waals surface area contributed by atoms with Crippen LogP contribution in [0.3, 0.4) is 0 Å². The standard InChI is InChI=1S/C17H14N4O/c1-12(22)13-4-2-6-15(10-13)20-16-7-9-19-17(21-16)14-5-3-8-18-11-14/h2-11H,1H3,(H,19,20,21). The quantitative estimate of drug-likeness (QED) is 0.745. The van der Waals surface area contributed by atoms with Crippen LogP contribution in [0.15, 0.2) is 61.1 Å². The lowest BCUT2D eigenvalue weighted by Gasteiger charge is -2.08. The number of pyridine rings is 1. The number of carbonyl (C=O) groups is 1. The Labute approximate surface area is 128 Å². The number of rotatable bonds is 4. The lowest BCUT2D eigenvalue weighted by Crippen LogP contribution is -1.98. The minimum Gasteiger partial charge on any atom is -0.340 e. The van der Waals surface area contributed by atoms with Crippen molar-refractivity contribution < 1.29 is 4.79 Å². The van der Waals surface area contributed by atoms with Crippen LogP contribution in [0.5, 0.6) is 0 Å². The van der Waals surface area contributed by atoms with Crippen molar-refractivity contribution in [3.05, 3.63) is 66.6 Å². The van der Waals surface area contributed by atoms with Crippen molar-refractivity contribution in [2.24, 2.45) is 0 Å².